The van der Waals surface area contributed by atoms with E-state index in [1.54, 1.807) is 4.90 Å². The molecule has 1 heterocycles. The predicted molar refractivity (Wildman–Crippen MR) is 103 cm³/mol. The molecule has 1 aromatic rings. The molecule has 1 aromatic carbocycles. The highest BCUT2D eigenvalue weighted by Crippen LogP contribution is 2.39. The highest BCUT2D eigenvalue weighted by atomic mass is 16.5. The van der Waals surface area contributed by atoms with Crippen molar-refractivity contribution in [1.29, 1.82) is 0 Å². The quantitative estimate of drug-likeness (QED) is 0.831. The van der Waals surface area contributed by atoms with Gasteiger partial charge in [-0.3, -0.25) is 9.59 Å². The van der Waals surface area contributed by atoms with Crippen LogP contribution in [0.3, 0.4) is 0 Å². The molecule has 2 atom stereocenters. The smallest absolute Gasteiger partial charge is 0.258 e. The van der Waals surface area contributed by atoms with Crippen LogP contribution in [0, 0.1) is 11.8 Å². The van der Waals surface area contributed by atoms with Crippen molar-refractivity contribution < 1.29 is 14.3 Å². The van der Waals surface area contributed by atoms with E-state index in [0.29, 0.717) is 24.0 Å². The number of fused-ring (bicyclic) bond motifs is 2. The predicted octanol–water partition coefficient (Wildman–Crippen LogP) is 2.21. The van der Waals surface area contributed by atoms with Gasteiger partial charge in [0.05, 0.1) is 0 Å². The summed E-state index contributed by atoms with van der Waals surface area (Å²) in [5.41, 5.74) is 7.00. The van der Waals surface area contributed by atoms with Gasteiger partial charge < -0.3 is 20.7 Å². The van der Waals surface area contributed by atoms with E-state index in [1.165, 1.54) is 6.42 Å². The normalized spacial score (nSPS) is 30.3. The maximum Gasteiger partial charge on any atom is 0.258 e. The van der Waals surface area contributed by atoms with E-state index in [0.717, 1.165) is 44.3 Å². The van der Waals surface area contributed by atoms with Gasteiger partial charge in [-0.2, -0.15) is 0 Å². The van der Waals surface area contributed by atoms with Gasteiger partial charge in [0.2, 0.25) is 5.91 Å². The number of anilines is 1. The van der Waals surface area contributed by atoms with Gasteiger partial charge in [-0.1, -0.05) is 12.5 Å². The second-order valence-electron chi connectivity index (χ2n) is 8.21. The molecule has 3 aliphatic rings. The van der Waals surface area contributed by atoms with Crippen LogP contribution < -0.4 is 20.7 Å². The zero-order valence-corrected chi connectivity index (χ0v) is 15.7. The minimum absolute atomic E-state index is 0.000602. The highest BCUT2D eigenvalue weighted by Gasteiger charge is 2.39. The van der Waals surface area contributed by atoms with E-state index in [4.69, 9.17) is 10.5 Å². The van der Waals surface area contributed by atoms with Crippen molar-refractivity contribution in [2.75, 3.05) is 18.1 Å². The zero-order valence-electron chi connectivity index (χ0n) is 15.7. The summed E-state index contributed by atoms with van der Waals surface area (Å²) in [5.74, 6) is 1.69. The molecule has 3 fully saturated rings. The number of amides is 2. The second-order valence-corrected chi connectivity index (χ2v) is 8.21. The molecular formula is C21H29N3O3. The number of hydrogen-bond acceptors (Lipinski definition) is 4. The lowest BCUT2D eigenvalue weighted by molar-refractivity contribution is -0.125. The molecule has 0 radical (unpaired) electrons. The number of nitrogens with one attached hydrogen (secondary N) is 1. The molecule has 1 aliphatic heterocycles. The van der Waals surface area contributed by atoms with Gasteiger partial charge in [0.25, 0.3) is 5.91 Å². The van der Waals surface area contributed by atoms with Crippen molar-refractivity contribution in [3.63, 3.8) is 0 Å². The summed E-state index contributed by atoms with van der Waals surface area (Å²) in [6, 6.07) is 7.95. The molecule has 0 aromatic heterocycles. The molecule has 6 heteroatoms. The molecule has 2 amide bonds. The average molecular weight is 371 g/mol. The molecular weight excluding hydrogens is 342 g/mol. The molecule has 2 aliphatic carbocycles. The third kappa shape index (κ3) is 4.10. The summed E-state index contributed by atoms with van der Waals surface area (Å²) in [6.07, 6.45) is 7.06. The Morgan fingerprint density at radius 2 is 2.00 bits per heavy atom. The highest BCUT2D eigenvalue weighted by molar-refractivity contribution is 5.95. The van der Waals surface area contributed by atoms with Crippen LogP contribution in [0.2, 0.25) is 0 Å². The van der Waals surface area contributed by atoms with E-state index in [2.05, 4.69) is 5.32 Å². The van der Waals surface area contributed by atoms with Crippen molar-refractivity contribution in [2.24, 2.45) is 17.6 Å². The van der Waals surface area contributed by atoms with Gasteiger partial charge in [-0.25, -0.2) is 0 Å². The minimum Gasteiger partial charge on any atom is -0.484 e. The van der Waals surface area contributed by atoms with Crippen LogP contribution in [0.15, 0.2) is 24.3 Å². The number of nitrogens with two attached hydrogens (primary N) is 1. The van der Waals surface area contributed by atoms with Crippen LogP contribution in [-0.2, 0) is 9.59 Å². The summed E-state index contributed by atoms with van der Waals surface area (Å²) in [6.45, 7) is 0.745. The Bertz CT molecular complexity index is 694. The lowest BCUT2D eigenvalue weighted by atomic mass is 9.67. The van der Waals surface area contributed by atoms with Crippen molar-refractivity contribution >= 4 is 17.5 Å². The van der Waals surface area contributed by atoms with Gasteiger partial charge in [-0.15, -0.1) is 0 Å². The van der Waals surface area contributed by atoms with Crippen LogP contribution in [0.4, 0.5) is 5.69 Å². The topological polar surface area (TPSA) is 84.7 Å². The van der Waals surface area contributed by atoms with Crippen molar-refractivity contribution in [1.82, 2.24) is 5.32 Å². The first-order chi connectivity index (χ1) is 13.1. The number of nitrogens with zero attached hydrogens (tertiary/aromatic N) is 1. The van der Waals surface area contributed by atoms with Crippen LogP contribution >= 0.6 is 0 Å². The van der Waals surface area contributed by atoms with Crippen LogP contribution in [0.5, 0.6) is 5.75 Å². The fourth-order valence-electron chi connectivity index (χ4n) is 5.06. The fraction of sp³-hybridized carbons (Fsp3) is 0.619. The van der Waals surface area contributed by atoms with Gasteiger partial charge in [-0.05, 0) is 56.1 Å². The molecule has 27 heavy (non-hydrogen) atoms. The number of carbonyl (C=O) groups is 2. The van der Waals surface area contributed by atoms with E-state index < -0.39 is 0 Å². The maximum absolute atomic E-state index is 12.5. The monoisotopic (exact) mass is 371 g/mol. The van der Waals surface area contributed by atoms with Gasteiger partial charge in [0.15, 0.2) is 6.61 Å². The van der Waals surface area contributed by atoms with E-state index in [1.807, 2.05) is 24.3 Å². The van der Waals surface area contributed by atoms with Crippen LogP contribution in [-0.4, -0.2) is 37.0 Å². The summed E-state index contributed by atoms with van der Waals surface area (Å²) in [5, 5.41) is 3.20. The fourth-order valence-corrected chi connectivity index (χ4v) is 5.06. The third-order valence-corrected chi connectivity index (χ3v) is 6.28. The second kappa shape index (κ2) is 7.89. The molecule has 2 bridgehead atoms. The first kappa shape index (κ1) is 18.3. The number of rotatable bonds is 5. The average Bonchev–Trinajstić information content (AvgIpc) is 3.07. The molecule has 4 rings (SSSR count). The molecule has 0 spiro atoms. The van der Waals surface area contributed by atoms with Crippen molar-refractivity contribution in [3.8, 4) is 5.75 Å². The minimum atomic E-state index is -0.0741. The molecule has 1 saturated heterocycles. The van der Waals surface area contributed by atoms with Crippen LogP contribution in [0.25, 0.3) is 0 Å². The Morgan fingerprint density at radius 1 is 1.22 bits per heavy atom. The molecule has 3 N–H and O–H groups in total. The Hall–Kier alpha value is -2.08. The zero-order chi connectivity index (χ0) is 18.8. The van der Waals surface area contributed by atoms with Crippen molar-refractivity contribution in [2.45, 2.75) is 57.0 Å². The Kier molecular flexibility index (Phi) is 5.34. The summed E-state index contributed by atoms with van der Waals surface area (Å²) in [4.78, 5) is 26.1. The van der Waals surface area contributed by atoms with E-state index >= 15 is 0 Å². The largest absolute Gasteiger partial charge is 0.484 e. The summed E-state index contributed by atoms with van der Waals surface area (Å²) >= 11 is 0. The van der Waals surface area contributed by atoms with E-state index in [9.17, 15) is 9.59 Å². The molecule has 146 valence electrons. The standard InChI is InChI=1S/C21H29N3O3/c22-16-10-14-4-1-5-15(11-16)21(14)23-19(25)13-27-18-7-2-6-17(12-18)24-9-3-8-20(24)26/h2,6-7,12,14-16,21H,1,3-5,8-11,13,22H2,(H,23,25). The van der Waals surface area contributed by atoms with E-state index in [-0.39, 0.29) is 30.5 Å². The summed E-state index contributed by atoms with van der Waals surface area (Å²) < 4.78 is 5.71. The Labute approximate surface area is 160 Å². The van der Waals surface area contributed by atoms with Gasteiger partial charge in [0, 0.05) is 36.8 Å². The van der Waals surface area contributed by atoms with Gasteiger partial charge >= 0.3 is 0 Å². The Balaban J connectivity index is 1.32. The van der Waals surface area contributed by atoms with Crippen LogP contribution in [0.1, 0.15) is 44.9 Å². The van der Waals surface area contributed by atoms with Crippen molar-refractivity contribution in [3.05, 3.63) is 24.3 Å². The lowest BCUT2D eigenvalue weighted by Crippen LogP contribution is -2.54. The first-order valence-electron chi connectivity index (χ1n) is 10.2. The van der Waals surface area contributed by atoms with Gasteiger partial charge in [0.1, 0.15) is 5.75 Å². The first-order valence-corrected chi connectivity index (χ1v) is 10.2. The number of carbonyl (C=O) groups excluding carboxylic acids is 2. The molecule has 2 saturated carbocycles. The summed E-state index contributed by atoms with van der Waals surface area (Å²) in [7, 11) is 0. The molecule has 6 nitrogen and oxygen atoms in total. The third-order valence-electron chi connectivity index (χ3n) is 6.28. The SMILES string of the molecule is NC1CC2CCCC(C1)C2NC(=O)COc1cccc(N2CCCC2=O)c1. The number of ether oxygens (including phenoxy) is 1. The Morgan fingerprint density at radius 3 is 2.70 bits per heavy atom. The number of hydrogen-bond donors (Lipinski definition) is 2. The number of benzene rings is 1. The lowest BCUT2D eigenvalue weighted by Gasteiger charge is -2.45. The maximum atomic E-state index is 12.5. The molecule has 2 unspecified atom stereocenters.